The molecule has 0 bridgehead atoms. The summed E-state index contributed by atoms with van der Waals surface area (Å²) in [6.45, 7) is 5.85. The van der Waals surface area contributed by atoms with Crippen LogP contribution in [0.4, 0.5) is 0 Å². The van der Waals surface area contributed by atoms with Gasteiger partial charge in [-0.2, -0.15) is 0 Å². The molecule has 2 aliphatic heterocycles. The van der Waals surface area contributed by atoms with Gasteiger partial charge in [0.05, 0.1) is 5.69 Å². The molecule has 20 heavy (non-hydrogen) atoms. The van der Waals surface area contributed by atoms with Gasteiger partial charge >= 0.3 is 0 Å². The van der Waals surface area contributed by atoms with Gasteiger partial charge in [-0.3, -0.25) is 9.80 Å². The number of rotatable bonds is 4. The summed E-state index contributed by atoms with van der Waals surface area (Å²) in [4.78, 5) is 5.12. The third-order valence-corrected chi connectivity index (χ3v) is 4.78. The van der Waals surface area contributed by atoms with E-state index in [0.29, 0.717) is 18.6 Å². The van der Waals surface area contributed by atoms with E-state index in [1.54, 1.807) is 6.26 Å². The van der Waals surface area contributed by atoms with Crippen molar-refractivity contribution in [2.24, 2.45) is 5.92 Å². The Morgan fingerprint density at radius 1 is 1.25 bits per heavy atom. The van der Waals surface area contributed by atoms with Crippen molar-refractivity contribution in [3.8, 4) is 0 Å². The van der Waals surface area contributed by atoms with Crippen LogP contribution < -0.4 is 0 Å². The number of aromatic nitrogens is 1. The van der Waals surface area contributed by atoms with E-state index >= 15 is 0 Å². The molecule has 2 aliphatic rings. The van der Waals surface area contributed by atoms with Crippen molar-refractivity contribution in [3.05, 3.63) is 18.0 Å². The second kappa shape index (κ2) is 6.70. The minimum Gasteiger partial charge on any atom is -0.396 e. The van der Waals surface area contributed by atoms with Gasteiger partial charge < -0.3 is 9.63 Å². The minimum atomic E-state index is 0.358. The predicted octanol–water partition coefficient (Wildman–Crippen LogP) is 1.34. The monoisotopic (exact) mass is 279 g/mol. The molecule has 2 fully saturated rings. The Labute approximate surface area is 120 Å². The Bertz CT molecular complexity index is 388. The molecule has 0 radical (unpaired) electrons. The lowest BCUT2D eigenvalue weighted by atomic mass is 9.94. The van der Waals surface area contributed by atoms with Crippen molar-refractivity contribution in [2.75, 3.05) is 32.8 Å². The molecule has 1 aromatic heterocycles. The zero-order chi connectivity index (χ0) is 13.8. The fourth-order valence-electron chi connectivity index (χ4n) is 3.52. The Hall–Kier alpha value is -0.910. The Morgan fingerprint density at radius 2 is 2.10 bits per heavy atom. The van der Waals surface area contributed by atoms with Gasteiger partial charge in [-0.05, 0) is 51.2 Å². The molecule has 0 aromatic carbocycles. The molecular formula is C15H25N3O2. The highest BCUT2D eigenvalue weighted by molar-refractivity contribution is 4.96. The molecule has 5 nitrogen and oxygen atoms in total. The quantitative estimate of drug-likeness (QED) is 0.901. The van der Waals surface area contributed by atoms with E-state index in [1.165, 1.54) is 12.8 Å². The summed E-state index contributed by atoms with van der Waals surface area (Å²) in [5, 5.41) is 13.2. The van der Waals surface area contributed by atoms with Crippen LogP contribution in [0.2, 0.25) is 0 Å². The Balaban J connectivity index is 1.50. The van der Waals surface area contributed by atoms with Gasteiger partial charge in [0, 0.05) is 31.8 Å². The van der Waals surface area contributed by atoms with Gasteiger partial charge in [0.25, 0.3) is 0 Å². The lowest BCUT2D eigenvalue weighted by Gasteiger charge is -2.42. The molecule has 112 valence electrons. The molecule has 0 amide bonds. The maximum Gasteiger partial charge on any atom is 0.124 e. The van der Waals surface area contributed by atoms with E-state index in [0.717, 1.165) is 51.3 Å². The number of aliphatic hydroxyl groups is 1. The number of hydrogen-bond donors (Lipinski definition) is 1. The molecule has 1 aromatic rings. The molecule has 0 aliphatic carbocycles. The Morgan fingerprint density at radius 3 is 2.80 bits per heavy atom. The lowest BCUT2D eigenvalue weighted by molar-refractivity contribution is 0.0537. The summed E-state index contributed by atoms with van der Waals surface area (Å²) < 4.78 is 4.91. The van der Waals surface area contributed by atoms with E-state index in [9.17, 15) is 5.11 Å². The standard InChI is InChI=1S/C15H25N3O2/c19-12-13-3-7-18(8-4-13)15-2-1-6-17(11-15)10-14-5-9-20-16-14/h5,9,13,15,19H,1-4,6-8,10-12H2/t15-/m0/s1. The average Bonchev–Trinajstić information content (AvgIpc) is 3.01. The highest BCUT2D eigenvalue weighted by Gasteiger charge is 2.28. The van der Waals surface area contributed by atoms with E-state index in [2.05, 4.69) is 15.0 Å². The number of nitrogens with zero attached hydrogens (tertiary/aromatic N) is 3. The van der Waals surface area contributed by atoms with Crippen molar-refractivity contribution >= 4 is 0 Å². The number of aliphatic hydroxyl groups excluding tert-OH is 1. The van der Waals surface area contributed by atoms with Gasteiger partial charge in [0.2, 0.25) is 0 Å². The van der Waals surface area contributed by atoms with Gasteiger partial charge in [-0.1, -0.05) is 5.16 Å². The van der Waals surface area contributed by atoms with Crippen molar-refractivity contribution in [3.63, 3.8) is 0 Å². The number of hydrogen-bond acceptors (Lipinski definition) is 5. The van der Waals surface area contributed by atoms with E-state index < -0.39 is 0 Å². The van der Waals surface area contributed by atoms with Crippen molar-refractivity contribution in [1.82, 2.24) is 15.0 Å². The first-order valence-corrected chi connectivity index (χ1v) is 7.81. The number of piperidine rings is 2. The summed E-state index contributed by atoms with van der Waals surface area (Å²) in [7, 11) is 0. The van der Waals surface area contributed by atoms with Gasteiger partial charge in [0.15, 0.2) is 0 Å². The molecule has 3 heterocycles. The topological polar surface area (TPSA) is 52.7 Å². The summed E-state index contributed by atoms with van der Waals surface area (Å²) in [5.74, 6) is 0.529. The fraction of sp³-hybridized carbons (Fsp3) is 0.800. The summed E-state index contributed by atoms with van der Waals surface area (Å²) in [6.07, 6.45) is 6.52. The lowest BCUT2D eigenvalue weighted by Crippen LogP contribution is -2.50. The van der Waals surface area contributed by atoms with E-state index in [1.807, 2.05) is 6.07 Å². The molecule has 1 atom stereocenters. The summed E-state index contributed by atoms with van der Waals surface area (Å²) in [6, 6.07) is 2.63. The van der Waals surface area contributed by atoms with Crippen LogP contribution in [-0.2, 0) is 6.54 Å². The summed E-state index contributed by atoms with van der Waals surface area (Å²) in [5.41, 5.74) is 1.03. The maximum atomic E-state index is 9.23. The first-order chi connectivity index (χ1) is 9.85. The molecule has 3 rings (SSSR count). The van der Waals surface area contributed by atoms with Crippen LogP contribution in [0.5, 0.6) is 0 Å². The van der Waals surface area contributed by atoms with E-state index in [-0.39, 0.29) is 0 Å². The smallest absolute Gasteiger partial charge is 0.124 e. The summed E-state index contributed by atoms with van der Waals surface area (Å²) >= 11 is 0. The zero-order valence-corrected chi connectivity index (χ0v) is 12.1. The SMILES string of the molecule is OCC1CCN([C@H]2CCCN(Cc3ccon3)C2)CC1. The van der Waals surface area contributed by atoms with Gasteiger partial charge in [0.1, 0.15) is 6.26 Å². The minimum absolute atomic E-state index is 0.358. The van der Waals surface area contributed by atoms with Crippen LogP contribution in [-0.4, -0.2) is 58.9 Å². The molecule has 1 N–H and O–H groups in total. The van der Waals surface area contributed by atoms with Crippen LogP contribution in [0, 0.1) is 5.92 Å². The second-order valence-corrected chi connectivity index (χ2v) is 6.18. The van der Waals surface area contributed by atoms with Crippen LogP contribution >= 0.6 is 0 Å². The van der Waals surface area contributed by atoms with Crippen molar-refractivity contribution < 1.29 is 9.63 Å². The molecule has 2 saturated heterocycles. The van der Waals surface area contributed by atoms with E-state index in [4.69, 9.17) is 4.52 Å². The first-order valence-electron chi connectivity index (χ1n) is 7.81. The van der Waals surface area contributed by atoms with Gasteiger partial charge in [-0.15, -0.1) is 0 Å². The average molecular weight is 279 g/mol. The molecule has 0 spiro atoms. The molecule has 0 saturated carbocycles. The predicted molar refractivity (Wildman–Crippen MR) is 76.2 cm³/mol. The highest BCUT2D eigenvalue weighted by Crippen LogP contribution is 2.23. The molecule has 0 unspecified atom stereocenters. The van der Waals surface area contributed by atoms with Crippen LogP contribution in [0.1, 0.15) is 31.4 Å². The highest BCUT2D eigenvalue weighted by atomic mass is 16.5. The fourth-order valence-corrected chi connectivity index (χ4v) is 3.52. The third kappa shape index (κ3) is 3.40. The normalized spacial score (nSPS) is 26.9. The third-order valence-electron chi connectivity index (χ3n) is 4.78. The zero-order valence-electron chi connectivity index (χ0n) is 12.1. The van der Waals surface area contributed by atoms with Gasteiger partial charge in [-0.25, -0.2) is 0 Å². The first kappa shape index (κ1) is 14.0. The van der Waals surface area contributed by atoms with Crippen LogP contribution in [0.15, 0.2) is 16.9 Å². The Kier molecular flexibility index (Phi) is 4.70. The molecular weight excluding hydrogens is 254 g/mol. The molecule has 5 heteroatoms. The van der Waals surface area contributed by atoms with Crippen molar-refractivity contribution in [2.45, 2.75) is 38.3 Å². The largest absolute Gasteiger partial charge is 0.396 e. The van der Waals surface area contributed by atoms with Crippen molar-refractivity contribution in [1.29, 1.82) is 0 Å². The number of likely N-dealkylation sites (tertiary alicyclic amines) is 2. The maximum absolute atomic E-state index is 9.23. The van der Waals surface area contributed by atoms with Crippen LogP contribution in [0.3, 0.4) is 0 Å². The second-order valence-electron chi connectivity index (χ2n) is 6.18. The van der Waals surface area contributed by atoms with Crippen LogP contribution in [0.25, 0.3) is 0 Å².